The summed E-state index contributed by atoms with van der Waals surface area (Å²) in [6.07, 6.45) is 0. The summed E-state index contributed by atoms with van der Waals surface area (Å²) in [6, 6.07) is 5.52. The quantitative estimate of drug-likeness (QED) is 0.799. The molecule has 0 aliphatic heterocycles. The minimum absolute atomic E-state index is 0.275. The summed E-state index contributed by atoms with van der Waals surface area (Å²) < 4.78 is 18.4. The Morgan fingerprint density at radius 2 is 2.14 bits per heavy atom. The van der Waals surface area contributed by atoms with E-state index in [1.165, 1.54) is 7.11 Å². The van der Waals surface area contributed by atoms with E-state index >= 15 is 0 Å². The lowest BCUT2D eigenvalue weighted by Gasteiger charge is -2.10. The van der Waals surface area contributed by atoms with E-state index in [4.69, 9.17) is 4.74 Å². The summed E-state index contributed by atoms with van der Waals surface area (Å²) in [5, 5.41) is 3.16. The highest BCUT2D eigenvalue weighted by Gasteiger charge is 2.07. The van der Waals surface area contributed by atoms with Crippen LogP contribution in [0.4, 0.5) is 4.39 Å². The SMILES string of the molecule is COc1cccc(CNC(C)C)c1F. The number of methoxy groups -OCH3 is 1. The third-order valence-corrected chi connectivity index (χ3v) is 1.96. The number of hydrogen-bond donors (Lipinski definition) is 1. The fourth-order valence-electron chi connectivity index (χ4n) is 1.16. The molecule has 0 radical (unpaired) electrons. The van der Waals surface area contributed by atoms with Crippen LogP contribution in [0.2, 0.25) is 0 Å². The van der Waals surface area contributed by atoms with E-state index in [1.54, 1.807) is 18.2 Å². The molecule has 3 heteroatoms. The molecule has 0 amide bonds. The average molecular weight is 197 g/mol. The van der Waals surface area contributed by atoms with Crippen LogP contribution in [0, 0.1) is 5.82 Å². The van der Waals surface area contributed by atoms with Gasteiger partial charge in [0.15, 0.2) is 11.6 Å². The Labute approximate surface area is 84.1 Å². The molecule has 0 unspecified atom stereocenters. The number of halogens is 1. The molecule has 78 valence electrons. The van der Waals surface area contributed by atoms with Crippen molar-refractivity contribution in [2.45, 2.75) is 26.4 Å². The van der Waals surface area contributed by atoms with Crippen LogP contribution in [0.1, 0.15) is 19.4 Å². The Balaban J connectivity index is 2.76. The lowest BCUT2D eigenvalue weighted by atomic mass is 10.2. The molecule has 0 saturated heterocycles. The van der Waals surface area contributed by atoms with Crippen molar-refractivity contribution in [1.29, 1.82) is 0 Å². The van der Waals surface area contributed by atoms with Gasteiger partial charge in [-0.3, -0.25) is 0 Å². The average Bonchev–Trinajstić information content (AvgIpc) is 2.16. The van der Waals surface area contributed by atoms with Crippen molar-refractivity contribution < 1.29 is 9.13 Å². The Hall–Kier alpha value is -1.09. The second-order valence-electron chi connectivity index (χ2n) is 3.47. The van der Waals surface area contributed by atoms with Gasteiger partial charge in [-0.2, -0.15) is 0 Å². The summed E-state index contributed by atoms with van der Waals surface area (Å²) in [7, 11) is 1.47. The van der Waals surface area contributed by atoms with Gasteiger partial charge >= 0.3 is 0 Å². The molecule has 14 heavy (non-hydrogen) atoms. The van der Waals surface area contributed by atoms with Crippen LogP contribution >= 0.6 is 0 Å². The first-order valence-electron chi connectivity index (χ1n) is 4.70. The molecule has 0 bridgehead atoms. The molecule has 0 spiro atoms. The second-order valence-corrected chi connectivity index (χ2v) is 3.47. The lowest BCUT2D eigenvalue weighted by molar-refractivity contribution is 0.383. The first-order chi connectivity index (χ1) is 6.65. The predicted molar refractivity (Wildman–Crippen MR) is 54.9 cm³/mol. The Morgan fingerprint density at radius 1 is 1.43 bits per heavy atom. The number of ether oxygens (including phenoxy) is 1. The summed E-state index contributed by atoms with van der Waals surface area (Å²) in [5.41, 5.74) is 0.637. The minimum Gasteiger partial charge on any atom is -0.494 e. The van der Waals surface area contributed by atoms with E-state index in [0.29, 0.717) is 23.9 Å². The Morgan fingerprint density at radius 3 is 2.71 bits per heavy atom. The van der Waals surface area contributed by atoms with E-state index in [9.17, 15) is 4.39 Å². The first-order valence-corrected chi connectivity index (χ1v) is 4.70. The van der Waals surface area contributed by atoms with Gasteiger partial charge in [-0.1, -0.05) is 26.0 Å². The number of benzene rings is 1. The van der Waals surface area contributed by atoms with Crippen molar-refractivity contribution >= 4 is 0 Å². The minimum atomic E-state index is -0.275. The van der Waals surface area contributed by atoms with E-state index in [1.807, 2.05) is 13.8 Å². The second kappa shape index (κ2) is 4.96. The lowest BCUT2D eigenvalue weighted by Crippen LogP contribution is -2.22. The molecular formula is C11H16FNO. The molecular weight excluding hydrogens is 181 g/mol. The standard InChI is InChI=1S/C11H16FNO/c1-8(2)13-7-9-5-4-6-10(14-3)11(9)12/h4-6,8,13H,7H2,1-3H3. The maximum Gasteiger partial charge on any atom is 0.169 e. The molecule has 0 saturated carbocycles. The maximum absolute atomic E-state index is 13.6. The highest BCUT2D eigenvalue weighted by Crippen LogP contribution is 2.19. The zero-order chi connectivity index (χ0) is 10.6. The van der Waals surface area contributed by atoms with E-state index < -0.39 is 0 Å². The molecule has 1 N–H and O–H groups in total. The monoisotopic (exact) mass is 197 g/mol. The van der Waals surface area contributed by atoms with Crippen molar-refractivity contribution in [3.05, 3.63) is 29.6 Å². The van der Waals surface area contributed by atoms with E-state index in [0.717, 1.165) is 0 Å². The number of rotatable bonds is 4. The molecule has 1 aromatic rings. The molecule has 0 fully saturated rings. The van der Waals surface area contributed by atoms with Crippen molar-refractivity contribution in [2.24, 2.45) is 0 Å². The van der Waals surface area contributed by atoms with Crippen molar-refractivity contribution in [3.63, 3.8) is 0 Å². The zero-order valence-electron chi connectivity index (χ0n) is 8.80. The van der Waals surface area contributed by atoms with Gasteiger partial charge < -0.3 is 10.1 Å². The molecule has 0 aromatic heterocycles. The van der Waals surface area contributed by atoms with Crippen molar-refractivity contribution in [3.8, 4) is 5.75 Å². The topological polar surface area (TPSA) is 21.3 Å². The number of nitrogens with one attached hydrogen (secondary N) is 1. The van der Waals surface area contributed by atoms with Gasteiger partial charge in [0.1, 0.15) is 0 Å². The highest BCUT2D eigenvalue weighted by molar-refractivity contribution is 5.30. The summed E-state index contributed by atoms with van der Waals surface area (Å²) in [5.74, 6) is 0.0243. The van der Waals surface area contributed by atoms with Crippen LogP contribution in [0.5, 0.6) is 5.75 Å². The van der Waals surface area contributed by atoms with Gasteiger partial charge in [0.05, 0.1) is 7.11 Å². The molecule has 0 aliphatic carbocycles. The van der Waals surface area contributed by atoms with Crippen LogP contribution in [0.3, 0.4) is 0 Å². The highest BCUT2D eigenvalue weighted by atomic mass is 19.1. The predicted octanol–water partition coefficient (Wildman–Crippen LogP) is 2.33. The fraction of sp³-hybridized carbons (Fsp3) is 0.455. The maximum atomic E-state index is 13.6. The molecule has 0 atom stereocenters. The molecule has 0 heterocycles. The largest absolute Gasteiger partial charge is 0.494 e. The summed E-state index contributed by atoms with van der Waals surface area (Å²) >= 11 is 0. The van der Waals surface area contributed by atoms with Crippen LogP contribution in [-0.2, 0) is 6.54 Å². The smallest absolute Gasteiger partial charge is 0.169 e. The molecule has 0 aliphatic rings. The van der Waals surface area contributed by atoms with Gasteiger partial charge in [-0.15, -0.1) is 0 Å². The molecule has 2 nitrogen and oxygen atoms in total. The normalized spacial score (nSPS) is 10.6. The van der Waals surface area contributed by atoms with Gasteiger partial charge in [-0.25, -0.2) is 4.39 Å². The Kier molecular flexibility index (Phi) is 3.89. The molecule has 1 aromatic carbocycles. The van der Waals surface area contributed by atoms with E-state index in [2.05, 4.69) is 5.32 Å². The van der Waals surface area contributed by atoms with Gasteiger partial charge in [0, 0.05) is 18.2 Å². The van der Waals surface area contributed by atoms with Gasteiger partial charge in [0.2, 0.25) is 0 Å². The third-order valence-electron chi connectivity index (χ3n) is 1.96. The summed E-state index contributed by atoms with van der Waals surface area (Å²) in [4.78, 5) is 0. The summed E-state index contributed by atoms with van der Waals surface area (Å²) in [6.45, 7) is 4.58. The van der Waals surface area contributed by atoms with Crippen LogP contribution in [0.15, 0.2) is 18.2 Å². The zero-order valence-corrected chi connectivity index (χ0v) is 8.80. The van der Waals surface area contributed by atoms with Crippen molar-refractivity contribution in [1.82, 2.24) is 5.32 Å². The molecule has 1 rings (SSSR count). The van der Waals surface area contributed by atoms with Crippen molar-refractivity contribution in [2.75, 3.05) is 7.11 Å². The van der Waals surface area contributed by atoms with Gasteiger partial charge in [0.25, 0.3) is 0 Å². The third kappa shape index (κ3) is 2.70. The van der Waals surface area contributed by atoms with Gasteiger partial charge in [-0.05, 0) is 6.07 Å². The van der Waals surface area contributed by atoms with Crippen LogP contribution in [0.25, 0.3) is 0 Å². The van der Waals surface area contributed by atoms with E-state index in [-0.39, 0.29) is 5.82 Å². The number of hydrogen-bond acceptors (Lipinski definition) is 2. The first kappa shape index (κ1) is 11.0. The Bertz CT molecular complexity index is 299. The van der Waals surface area contributed by atoms with Crippen LogP contribution in [-0.4, -0.2) is 13.2 Å². The fourth-order valence-corrected chi connectivity index (χ4v) is 1.16. The van der Waals surface area contributed by atoms with Crippen LogP contribution < -0.4 is 10.1 Å².